The molecule has 0 saturated carbocycles. The van der Waals surface area contributed by atoms with Gasteiger partial charge in [0.05, 0.1) is 0 Å². The van der Waals surface area contributed by atoms with Crippen molar-refractivity contribution in [2.45, 2.75) is 39.7 Å². The Hall–Kier alpha value is -1.30. The molecule has 0 aromatic heterocycles. The monoisotopic (exact) mass is 510 g/mol. The molecule has 0 aliphatic carbocycles. The van der Waals surface area contributed by atoms with Gasteiger partial charge in [-0.2, -0.15) is 0 Å². The van der Waals surface area contributed by atoms with E-state index < -0.39 is 25.9 Å². The van der Waals surface area contributed by atoms with Gasteiger partial charge in [0.2, 0.25) is 0 Å². The number of halogens is 1. The Morgan fingerprint density at radius 1 is 1.18 bits per heavy atom. The molecule has 0 aliphatic heterocycles. The number of ether oxygens (including phenoxy) is 1. The molecule has 0 saturated heterocycles. The normalized spacial score (nSPS) is 11.6. The standard InChI is InChI=1S/C21H23O3.2CH3.ClH.Sn.H/c1-3-5-14-24-19-13-12-18(15-17(19)9-4-2)21(23)20(22)16-10-7-6-8-11-16;;;;;/h4,6-8,10-13,15,20,22H,1-3,5,9,14H2;2*1H3;1H;;. The van der Waals surface area contributed by atoms with Crippen LogP contribution in [0.4, 0.5) is 0 Å². The Labute approximate surface area is 182 Å². The fourth-order valence-electron chi connectivity index (χ4n) is 2.97. The summed E-state index contributed by atoms with van der Waals surface area (Å²) in [6.07, 6.45) is 3.58. The van der Waals surface area contributed by atoms with E-state index in [1.165, 1.54) is 10.9 Å². The minimum absolute atomic E-state index is 0. The van der Waals surface area contributed by atoms with Crippen molar-refractivity contribution in [3.05, 3.63) is 77.9 Å². The summed E-state index contributed by atoms with van der Waals surface area (Å²) in [5.74, 6) is 0.496. The molecule has 1 unspecified atom stereocenters. The maximum Gasteiger partial charge on any atom is -0.147 e. The van der Waals surface area contributed by atoms with Crippen LogP contribution in [-0.2, 0) is 6.42 Å². The number of aliphatic hydroxyl groups excluding tert-OH is 1. The Morgan fingerprint density at radius 2 is 1.89 bits per heavy atom. The van der Waals surface area contributed by atoms with Crippen LogP contribution in [0, 0.1) is 0 Å². The van der Waals surface area contributed by atoms with Gasteiger partial charge >= 0.3 is 140 Å². The van der Waals surface area contributed by atoms with Gasteiger partial charge in [0, 0.05) is 0 Å². The van der Waals surface area contributed by atoms with E-state index in [4.69, 9.17) is 4.74 Å². The topological polar surface area (TPSA) is 46.5 Å². The van der Waals surface area contributed by atoms with Crippen molar-refractivity contribution in [1.82, 2.24) is 0 Å². The van der Waals surface area contributed by atoms with Crippen LogP contribution >= 0.6 is 12.4 Å². The number of ketones is 1. The summed E-state index contributed by atoms with van der Waals surface area (Å²) in [4.78, 5) is 17.5. The first-order valence-electron chi connectivity index (χ1n) is 9.66. The molecular weight excluding hydrogens is 478 g/mol. The number of aliphatic hydroxyl groups is 1. The molecule has 0 aliphatic rings. The van der Waals surface area contributed by atoms with Crippen molar-refractivity contribution in [3.63, 3.8) is 0 Å². The molecule has 0 spiro atoms. The minimum Gasteiger partial charge on any atom is -0.147 e. The zero-order chi connectivity index (χ0) is 19.6. The average molecular weight is 510 g/mol. The van der Waals surface area contributed by atoms with Crippen LogP contribution in [0.1, 0.15) is 40.4 Å². The van der Waals surface area contributed by atoms with Crippen molar-refractivity contribution in [2.75, 3.05) is 6.61 Å². The summed E-state index contributed by atoms with van der Waals surface area (Å²) in [6, 6.07) is 14.4. The molecule has 0 radical (unpaired) electrons. The number of carbonyl (C=O) groups excluding carboxylic acids is 1. The number of unbranched alkanes of at least 4 members (excludes halogenated alkanes) is 1. The van der Waals surface area contributed by atoms with E-state index in [2.05, 4.69) is 16.5 Å². The second-order valence-electron chi connectivity index (χ2n) is 7.23. The van der Waals surface area contributed by atoms with E-state index in [0.717, 1.165) is 17.7 Å². The van der Waals surface area contributed by atoms with Crippen molar-refractivity contribution in [1.29, 1.82) is 0 Å². The molecule has 2 aromatic carbocycles. The van der Waals surface area contributed by atoms with Crippen LogP contribution in [0.15, 0.2) is 61.2 Å². The van der Waals surface area contributed by atoms with Crippen molar-refractivity contribution in [2.24, 2.45) is 0 Å². The number of Topliss-reactive ketones (excluding diaryl/α,β-unsaturated/α-hetero) is 1. The van der Waals surface area contributed by atoms with Gasteiger partial charge < -0.3 is 0 Å². The van der Waals surface area contributed by atoms with E-state index >= 15 is 0 Å². The molecule has 2 aromatic rings. The van der Waals surface area contributed by atoms with Crippen LogP contribution in [0.3, 0.4) is 0 Å². The first-order valence-corrected chi connectivity index (χ1v) is 18.6. The van der Waals surface area contributed by atoms with Gasteiger partial charge in [0.1, 0.15) is 0 Å². The maximum atomic E-state index is 12.7. The molecular formula is C23H31ClO3Sn. The Kier molecular flexibility index (Phi) is 11.5. The molecule has 1 N–H and O–H groups in total. The van der Waals surface area contributed by atoms with E-state index in [9.17, 15) is 9.90 Å². The number of hydrogen-bond donors (Lipinski definition) is 1. The van der Waals surface area contributed by atoms with E-state index in [1.54, 1.807) is 24.3 Å². The smallest absolute Gasteiger partial charge is 0.147 e. The van der Waals surface area contributed by atoms with E-state index in [-0.39, 0.29) is 18.2 Å². The number of hydrogen-bond acceptors (Lipinski definition) is 3. The average Bonchev–Trinajstić information content (AvgIpc) is 2.68. The number of rotatable bonds is 11. The third kappa shape index (κ3) is 7.61. The van der Waals surface area contributed by atoms with Gasteiger partial charge in [-0.15, -0.1) is 12.4 Å². The number of allylic oxidation sites excluding steroid dienone is 1. The number of carbonyl (C=O) groups is 1. The van der Waals surface area contributed by atoms with Crippen molar-refractivity contribution >= 4 is 37.9 Å². The Balaban J connectivity index is 0.00000392. The summed E-state index contributed by atoms with van der Waals surface area (Å²) >= 11 is -1.11. The first kappa shape index (κ1) is 24.7. The van der Waals surface area contributed by atoms with Gasteiger partial charge in [0.25, 0.3) is 0 Å². The Morgan fingerprint density at radius 3 is 2.54 bits per heavy atom. The summed E-state index contributed by atoms with van der Waals surface area (Å²) in [5, 5.41) is 10.4. The van der Waals surface area contributed by atoms with Gasteiger partial charge in [-0.1, -0.05) is 30.3 Å². The van der Waals surface area contributed by atoms with Gasteiger partial charge in [-0.25, -0.2) is 0 Å². The quantitative estimate of drug-likeness (QED) is 0.191. The van der Waals surface area contributed by atoms with E-state index in [1.807, 2.05) is 30.3 Å². The van der Waals surface area contributed by atoms with Crippen LogP contribution in [0.25, 0.3) is 0 Å². The molecule has 152 valence electrons. The van der Waals surface area contributed by atoms with E-state index in [0.29, 0.717) is 24.2 Å². The molecule has 3 nitrogen and oxygen atoms in total. The van der Waals surface area contributed by atoms with Crippen LogP contribution in [-0.4, -0.2) is 37.3 Å². The predicted molar refractivity (Wildman–Crippen MR) is 122 cm³/mol. The molecule has 0 amide bonds. The second-order valence-corrected chi connectivity index (χ2v) is 16.8. The molecule has 1 atom stereocenters. The third-order valence-corrected chi connectivity index (χ3v) is 8.97. The number of benzene rings is 2. The summed E-state index contributed by atoms with van der Waals surface area (Å²) in [5.41, 5.74) is 2.02. The molecule has 2 rings (SSSR count). The largest absolute Gasteiger partial charge is 0.147 e. The Bertz CT molecular complexity index is 747. The zero-order valence-electron chi connectivity index (χ0n) is 16.8. The van der Waals surface area contributed by atoms with Crippen molar-refractivity contribution < 1.29 is 14.6 Å². The zero-order valence-corrected chi connectivity index (χ0v) is 20.9. The van der Waals surface area contributed by atoms with Gasteiger partial charge in [-0.05, 0) is 0 Å². The molecule has 5 heteroatoms. The third-order valence-electron chi connectivity index (χ3n) is 4.51. The fraction of sp³-hybridized carbons (Fsp3) is 0.348. The van der Waals surface area contributed by atoms with Crippen molar-refractivity contribution in [3.8, 4) is 5.75 Å². The van der Waals surface area contributed by atoms with Crippen LogP contribution in [0.2, 0.25) is 14.3 Å². The van der Waals surface area contributed by atoms with Crippen LogP contribution in [0.5, 0.6) is 5.75 Å². The molecule has 0 heterocycles. The molecule has 28 heavy (non-hydrogen) atoms. The first-order chi connectivity index (χ1) is 13.0. The maximum absolute atomic E-state index is 12.7. The minimum atomic E-state index is -1.16. The summed E-state index contributed by atoms with van der Waals surface area (Å²) in [6.45, 7) is 4.50. The summed E-state index contributed by atoms with van der Waals surface area (Å²) in [7, 11) is 0. The van der Waals surface area contributed by atoms with Crippen LogP contribution < -0.4 is 4.74 Å². The van der Waals surface area contributed by atoms with Gasteiger partial charge in [0.15, 0.2) is 0 Å². The summed E-state index contributed by atoms with van der Waals surface area (Å²) < 4.78 is 7.37. The second kappa shape index (κ2) is 13.0. The fourth-order valence-corrected chi connectivity index (χ4v) is 6.12. The SMILES string of the molecule is C=CCc1cc(C(=O)C(O)c2ccccc2)ccc1OCCC[CH2][SnH]([CH3])[CH3].Cl. The predicted octanol–water partition coefficient (Wildman–Crippen LogP) is 5.40. The molecule has 0 bridgehead atoms. The molecule has 0 fully saturated rings. The van der Waals surface area contributed by atoms with Gasteiger partial charge in [-0.3, -0.25) is 0 Å².